The highest BCUT2D eigenvalue weighted by atomic mass is 32.2. The molecule has 23 heavy (non-hydrogen) atoms. The number of sulfonamides is 1. The summed E-state index contributed by atoms with van der Waals surface area (Å²) in [5.41, 5.74) is 0.962. The standard InChI is InChI=1S/C16H26N2O4S/c1-12(2)11-15(16(20)17-9-4-10-19)18-23(21,22)14-7-5-13(3)6-8-14/h5-8,12,15,18-19H,4,9-11H2,1-3H3,(H,17,20)/t15-/m1/s1. The molecule has 0 heterocycles. The first-order chi connectivity index (χ1) is 10.8. The smallest absolute Gasteiger partial charge is 0.241 e. The van der Waals surface area contributed by atoms with Crippen LogP contribution in [0.5, 0.6) is 0 Å². The van der Waals surface area contributed by atoms with Crippen molar-refractivity contribution in [1.82, 2.24) is 10.0 Å². The van der Waals surface area contributed by atoms with Gasteiger partial charge < -0.3 is 10.4 Å². The molecule has 6 nitrogen and oxygen atoms in total. The Labute approximate surface area is 138 Å². The minimum absolute atomic E-state index is 0.0236. The summed E-state index contributed by atoms with van der Waals surface area (Å²) >= 11 is 0. The van der Waals surface area contributed by atoms with Crippen LogP contribution in [0.25, 0.3) is 0 Å². The number of carbonyl (C=O) groups is 1. The molecule has 0 saturated heterocycles. The number of hydrogen-bond donors (Lipinski definition) is 3. The van der Waals surface area contributed by atoms with E-state index in [9.17, 15) is 13.2 Å². The fraction of sp³-hybridized carbons (Fsp3) is 0.562. The molecule has 0 radical (unpaired) electrons. The third kappa shape index (κ3) is 6.68. The maximum absolute atomic E-state index is 12.4. The lowest BCUT2D eigenvalue weighted by Gasteiger charge is -2.20. The van der Waals surface area contributed by atoms with E-state index in [2.05, 4.69) is 10.0 Å². The minimum atomic E-state index is -3.76. The van der Waals surface area contributed by atoms with Gasteiger partial charge in [-0.05, 0) is 37.8 Å². The Morgan fingerprint density at radius 3 is 2.35 bits per heavy atom. The third-order valence-electron chi connectivity index (χ3n) is 3.29. The zero-order valence-corrected chi connectivity index (χ0v) is 14.7. The van der Waals surface area contributed by atoms with Crippen molar-refractivity contribution < 1.29 is 18.3 Å². The van der Waals surface area contributed by atoms with Gasteiger partial charge in [-0.3, -0.25) is 4.79 Å². The molecular formula is C16H26N2O4S. The fourth-order valence-corrected chi connectivity index (χ4v) is 3.27. The summed E-state index contributed by atoms with van der Waals surface area (Å²) in [6.07, 6.45) is 0.834. The molecule has 0 fully saturated rings. The van der Waals surface area contributed by atoms with E-state index < -0.39 is 16.1 Å². The lowest BCUT2D eigenvalue weighted by Crippen LogP contribution is -2.47. The second-order valence-corrected chi connectivity index (χ2v) is 7.70. The summed E-state index contributed by atoms with van der Waals surface area (Å²) < 4.78 is 27.4. The molecule has 7 heteroatoms. The van der Waals surface area contributed by atoms with Crippen molar-refractivity contribution in [2.75, 3.05) is 13.2 Å². The summed E-state index contributed by atoms with van der Waals surface area (Å²) in [7, 11) is -3.76. The van der Waals surface area contributed by atoms with E-state index >= 15 is 0 Å². The molecule has 130 valence electrons. The van der Waals surface area contributed by atoms with Crippen molar-refractivity contribution in [2.45, 2.75) is 44.6 Å². The second-order valence-electron chi connectivity index (χ2n) is 5.98. The van der Waals surface area contributed by atoms with E-state index in [0.717, 1.165) is 5.56 Å². The van der Waals surface area contributed by atoms with Gasteiger partial charge in [-0.25, -0.2) is 8.42 Å². The van der Waals surface area contributed by atoms with Crippen LogP contribution in [0.15, 0.2) is 29.2 Å². The monoisotopic (exact) mass is 342 g/mol. The number of rotatable bonds is 9. The summed E-state index contributed by atoms with van der Waals surface area (Å²) in [6, 6.07) is 5.64. The molecule has 0 aliphatic heterocycles. The van der Waals surface area contributed by atoms with Crippen LogP contribution >= 0.6 is 0 Å². The lowest BCUT2D eigenvalue weighted by atomic mass is 10.0. The van der Waals surface area contributed by atoms with E-state index in [-0.39, 0.29) is 23.3 Å². The van der Waals surface area contributed by atoms with Gasteiger partial charge in [-0.1, -0.05) is 31.5 Å². The summed E-state index contributed by atoms with van der Waals surface area (Å²) in [6.45, 7) is 6.02. The molecular weight excluding hydrogens is 316 g/mol. The predicted octanol–water partition coefficient (Wildman–Crippen LogP) is 1.19. The molecule has 1 aromatic rings. The van der Waals surface area contributed by atoms with Crippen LogP contribution in [0.3, 0.4) is 0 Å². The SMILES string of the molecule is Cc1ccc(S(=O)(=O)N[C@H](CC(C)C)C(=O)NCCCO)cc1. The number of nitrogens with one attached hydrogen (secondary N) is 2. The molecule has 1 amide bonds. The highest BCUT2D eigenvalue weighted by Crippen LogP contribution is 2.13. The Balaban J connectivity index is 2.86. The van der Waals surface area contributed by atoms with Crippen LogP contribution in [0.2, 0.25) is 0 Å². The van der Waals surface area contributed by atoms with Crippen LogP contribution < -0.4 is 10.0 Å². The predicted molar refractivity (Wildman–Crippen MR) is 89.5 cm³/mol. The van der Waals surface area contributed by atoms with Gasteiger partial charge in [0.2, 0.25) is 15.9 Å². The molecule has 0 bridgehead atoms. The molecule has 0 aliphatic carbocycles. The van der Waals surface area contributed by atoms with E-state index in [1.54, 1.807) is 12.1 Å². The highest BCUT2D eigenvalue weighted by Gasteiger charge is 2.26. The van der Waals surface area contributed by atoms with E-state index in [0.29, 0.717) is 19.4 Å². The van der Waals surface area contributed by atoms with Crippen LogP contribution in [-0.2, 0) is 14.8 Å². The quantitative estimate of drug-likeness (QED) is 0.587. The lowest BCUT2D eigenvalue weighted by molar-refractivity contribution is -0.123. The molecule has 0 unspecified atom stereocenters. The normalized spacial score (nSPS) is 13.1. The summed E-state index contributed by atoms with van der Waals surface area (Å²) in [5, 5.41) is 11.4. The Bertz CT molecular complexity index is 597. The van der Waals surface area contributed by atoms with Gasteiger partial charge in [0.15, 0.2) is 0 Å². The van der Waals surface area contributed by atoms with Crippen LogP contribution in [0, 0.1) is 12.8 Å². The zero-order valence-electron chi connectivity index (χ0n) is 13.9. The van der Waals surface area contributed by atoms with Crippen LogP contribution in [0.1, 0.15) is 32.3 Å². The molecule has 0 saturated carbocycles. The number of aryl methyl sites for hydroxylation is 1. The molecule has 1 atom stereocenters. The second kappa shape index (κ2) is 9.00. The largest absolute Gasteiger partial charge is 0.396 e. The molecule has 0 spiro atoms. The van der Waals surface area contributed by atoms with E-state index in [4.69, 9.17) is 5.11 Å². The fourth-order valence-electron chi connectivity index (χ4n) is 2.07. The van der Waals surface area contributed by atoms with Gasteiger partial charge in [-0.2, -0.15) is 4.72 Å². The van der Waals surface area contributed by atoms with Gasteiger partial charge in [0, 0.05) is 13.2 Å². The van der Waals surface area contributed by atoms with Gasteiger partial charge in [0.05, 0.1) is 4.90 Å². The number of benzene rings is 1. The van der Waals surface area contributed by atoms with Crippen molar-refractivity contribution >= 4 is 15.9 Å². The minimum Gasteiger partial charge on any atom is -0.396 e. The van der Waals surface area contributed by atoms with Gasteiger partial charge in [0.1, 0.15) is 6.04 Å². The first kappa shape index (κ1) is 19.6. The van der Waals surface area contributed by atoms with E-state index in [1.807, 2.05) is 20.8 Å². The first-order valence-electron chi connectivity index (χ1n) is 7.74. The Kier molecular flexibility index (Phi) is 7.67. The van der Waals surface area contributed by atoms with Crippen molar-refractivity contribution in [2.24, 2.45) is 5.92 Å². The van der Waals surface area contributed by atoms with Gasteiger partial charge in [-0.15, -0.1) is 0 Å². The first-order valence-corrected chi connectivity index (χ1v) is 9.22. The average Bonchev–Trinajstić information content (AvgIpc) is 2.46. The maximum Gasteiger partial charge on any atom is 0.241 e. The number of carbonyl (C=O) groups excluding carboxylic acids is 1. The van der Waals surface area contributed by atoms with E-state index in [1.165, 1.54) is 12.1 Å². The Morgan fingerprint density at radius 2 is 1.83 bits per heavy atom. The molecule has 0 aliphatic rings. The van der Waals surface area contributed by atoms with Gasteiger partial charge >= 0.3 is 0 Å². The molecule has 3 N–H and O–H groups in total. The van der Waals surface area contributed by atoms with Crippen molar-refractivity contribution in [3.63, 3.8) is 0 Å². The Hall–Kier alpha value is -1.44. The number of aliphatic hydroxyl groups is 1. The van der Waals surface area contributed by atoms with Crippen molar-refractivity contribution in [3.05, 3.63) is 29.8 Å². The summed E-state index contributed by atoms with van der Waals surface area (Å²) in [4.78, 5) is 12.3. The van der Waals surface area contributed by atoms with Gasteiger partial charge in [0.25, 0.3) is 0 Å². The van der Waals surface area contributed by atoms with Crippen molar-refractivity contribution in [3.8, 4) is 0 Å². The third-order valence-corrected chi connectivity index (χ3v) is 4.77. The zero-order chi connectivity index (χ0) is 17.5. The highest BCUT2D eigenvalue weighted by molar-refractivity contribution is 7.89. The molecule has 1 rings (SSSR count). The molecule has 1 aromatic carbocycles. The van der Waals surface area contributed by atoms with Crippen LogP contribution in [-0.4, -0.2) is 38.6 Å². The Morgan fingerprint density at radius 1 is 1.22 bits per heavy atom. The number of hydrogen-bond acceptors (Lipinski definition) is 4. The number of aliphatic hydroxyl groups excluding tert-OH is 1. The topological polar surface area (TPSA) is 95.5 Å². The molecule has 0 aromatic heterocycles. The average molecular weight is 342 g/mol. The maximum atomic E-state index is 12.4. The van der Waals surface area contributed by atoms with Crippen LogP contribution in [0.4, 0.5) is 0 Å². The summed E-state index contributed by atoms with van der Waals surface area (Å²) in [5.74, 6) is -0.216. The number of amides is 1. The van der Waals surface area contributed by atoms with Crippen molar-refractivity contribution in [1.29, 1.82) is 0 Å².